The Labute approximate surface area is 173 Å². The second kappa shape index (κ2) is 10.1. The van der Waals surface area contributed by atoms with E-state index in [-0.39, 0.29) is 0 Å². The molecule has 0 bridgehead atoms. The van der Waals surface area contributed by atoms with Gasteiger partial charge in [-0.25, -0.2) is 0 Å². The van der Waals surface area contributed by atoms with E-state index in [0.717, 1.165) is 10.6 Å². The molecule has 27 heavy (non-hydrogen) atoms. The molecule has 138 valence electrons. The van der Waals surface area contributed by atoms with E-state index in [1.165, 1.54) is 26.5 Å². The fourth-order valence-electron chi connectivity index (χ4n) is 2.89. The van der Waals surface area contributed by atoms with Gasteiger partial charge < -0.3 is 0 Å². The summed E-state index contributed by atoms with van der Waals surface area (Å²) < 4.78 is 16.9. The number of benzene rings is 3. The Morgan fingerprint density at radius 3 is 1.78 bits per heavy atom. The summed E-state index contributed by atoms with van der Waals surface area (Å²) in [6.07, 6.45) is 2.45. The molecule has 0 saturated heterocycles. The monoisotopic (exact) mass is 490 g/mol. The Hall–Kier alpha value is -1.58. The summed E-state index contributed by atoms with van der Waals surface area (Å²) in [6.45, 7) is 2.23. The van der Waals surface area contributed by atoms with Crippen molar-refractivity contribution < 1.29 is 4.57 Å². The standard InChI is InChI=1S/C24H25OPTe/c1-2-3-19-27-24(21-13-7-4-8-14-21)20-26(25,22-15-9-5-10-16-22)23-17-11-6-12-18-23/h4-18,20H,2-3,19H2,1H3/b24-20-. The molecular weight excluding hydrogens is 463 g/mol. The molecule has 0 atom stereocenters. The van der Waals surface area contributed by atoms with Crippen LogP contribution in [-0.2, 0) is 4.57 Å². The zero-order valence-corrected chi connectivity index (χ0v) is 18.8. The maximum absolute atomic E-state index is 14.4. The van der Waals surface area contributed by atoms with Crippen LogP contribution in [0.5, 0.6) is 0 Å². The number of rotatable bonds is 8. The molecule has 0 aliphatic carbocycles. The van der Waals surface area contributed by atoms with E-state index >= 15 is 0 Å². The van der Waals surface area contributed by atoms with E-state index in [1.54, 1.807) is 0 Å². The first-order chi connectivity index (χ1) is 13.2. The van der Waals surface area contributed by atoms with Crippen LogP contribution < -0.4 is 10.6 Å². The van der Waals surface area contributed by atoms with E-state index in [0.29, 0.717) is 0 Å². The van der Waals surface area contributed by atoms with E-state index in [1.807, 2.05) is 66.7 Å². The third-order valence-electron chi connectivity index (χ3n) is 4.39. The molecule has 0 saturated carbocycles. The van der Waals surface area contributed by atoms with Crippen LogP contribution in [0.25, 0.3) is 3.62 Å². The predicted molar refractivity (Wildman–Crippen MR) is 120 cm³/mol. The van der Waals surface area contributed by atoms with Gasteiger partial charge in [-0.15, -0.1) is 0 Å². The van der Waals surface area contributed by atoms with Crippen molar-refractivity contribution in [2.45, 2.75) is 24.2 Å². The third kappa shape index (κ3) is 5.24. The van der Waals surface area contributed by atoms with Crippen molar-refractivity contribution in [3.8, 4) is 0 Å². The van der Waals surface area contributed by atoms with Gasteiger partial charge >= 0.3 is 173 Å². The molecule has 0 amide bonds. The van der Waals surface area contributed by atoms with Crippen LogP contribution in [0.2, 0.25) is 4.47 Å². The molecule has 0 aliphatic rings. The second-order valence-corrected chi connectivity index (χ2v) is 12.2. The average Bonchev–Trinajstić information content (AvgIpc) is 2.75. The van der Waals surface area contributed by atoms with Gasteiger partial charge in [0.2, 0.25) is 0 Å². The molecule has 0 radical (unpaired) electrons. The zero-order chi connectivity index (χ0) is 19.0. The average molecular weight is 488 g/mol. The second-order valence-electron chi connectivity index (χ2n) is 6.39. The Balaban J connectivity index is 2.13. The molecule has 0 aliphatic heterocycles. The minimum absolute atomic E-state index is 0.393. The van der Waals surface area contributed by atoms with E-state index in [4.69, 9.17) is 0 Å². The minimum atomic E-state index is -2.82. The molecule has 0 unspecified atom stereocenters. The van der Waals surface area contributed by atoms with Gasteiger partial charge in [0.1, 0.15) is 0 Å². The first kappa shape index (κ1) is 20.2. The zero-order valence-electron chi connectivity index (χ0n) is 15.6. The number of unbranched alkanes of at least 4 members (excludes halogenated alkanes) is 1. The third-order valence-corrected chi connectivity index (χ3v) is 11.0. The SMILES string of the molecule is CCCC[Te]/C(=C\P(=O)(c1ccccc1)c1ccccc1)c1ccccc1. The van der Waals surface area contributed by atoms with Crippen molar-refractivity contribution in [1.82, 2.24) is 0 Å². The first-order valence-electron chi connectivity index (χ1n) is 9.36. The topological polar surface area (TPSA) is 17.1 Å². The van der Waals surface area contributed by atoms with Gasteiger partial charge in [-0.05, 0) is 0 Å². The molecule has 0 fully saturated rings. The van der Waals surface area contributed by atoms with Crippen molar-refractivity contribution in [2.24, 2.45) is 0 Å². The Morgan fingerprint density at radius 1 is 0.815 bits per heavy atom. The van der Waals surface area contributed by atoms with E-state index in [9.17, 15) is 4.57 Å². The van der Waals surface area contributed by atoms with Gasteiger partial charge in [0.15, 0.2) is 0 Å². The maximum atomic E-state index is 14.4. The van der Waals surface area contributed by atoms with Crippen molar-refractivity contribution >= 4 is 42.3 Å². The quantitative estimate of drug-likeness (QED) is 0.219. The van der Waals surface area contributed by atoms with Crippen LogP contribution in [0.4, 0.5) is 0 Å². The molecule has 3 aromatic carbocycles. The van der Waals surface area contributed by atoms with Crippen molar-refractivity contribution in [3.63, 3.8) is 0 Å². The van der Waals surface area contributed by atoms with Gasteiger partial charge in [0.05, 0.1) is 0 Å². The first-order valence-corrected chi connectivity index (χ1v) is 13.9. The van der Waals surface area contributed by atoms with Gasteiger partial charge in [0.25, 0.3) is 0 Å². The molecular formula is C24H25OPTe. The summed E-state index contributed by atoms with van der Waals surface area (Å²) in [4.78, 5) is 0. The Morgan fingerprint density at radius 2 is 1.30 bits per heavy atom. The summed E-state index contributed by atoms with van der Waals surface area (Å²) in [5.74, 6) is 2.12. The fraction of sp³-hybridized carbons (Fsp3) is 0.167. The number of hydrogen-bond acceptors (Lipinski definition) is 1. The predicted octanol–water partition coefficient (Wildman–Crippen LogP) is 5.92. The van der Waals surface area contributed by atoms with Gasteiger partial charge in [-0.2, -0.15) is 0 Å². The summed E-state index contributed by atoms with van der Waals surface area (Å²) >= 11 is -0.393. The van der Waals surface area contributed by atoms with Crippen molar-refractivity contribution in [3.05, 3.63) is 102 Å². The molecule has 1 nitrogen and oxygen atoms in total. The van der Waals surface area contributed by atoms with E-state index < -0.39 is 28.1 Å². The summed E-state index contributed by atoms with van der Waals surface area (Å²) in [5, 5.41) is 1.82. The normalized spacial score (nSPS) is 12.1. The molecule has 3 aromatic rings. The molecule has 0 aromatic heterocycles. The summed E-state index contributed by atoms with van der Waals surface area (Å²) in [6, 6.07) is 30.4. The Kier molecular flexibility index (Phi) is 7.54. The fourth-order valence-corrected chi connectivity index (χ4v) is 9.90. The molecule has 3 rings (SSSR count). The van der Waals surface area contributed by atoms with Gasteiger partial charge in [-0.3, -0.25) is 0 Å². The number of hydrogen-bond donors (Lipinski definition) is 0. The van der Waals surface area contributed by atoms with Crippen molar-refractivity contribution in [2.75, 3.05) is 0 Å². The molecule has 0 spiro atoms. The van der Waals surface area contributed by atoms with Gasteiger partial charge in [-0.1, -0.05) is 0 Å². The van der Waals surface area contributed by atoms with Gasteiger partial charge in [0, 0.05) is 0 Å². The molecule has 0 N–H and O–H groups in total. The van der Waals surface area contributed by atoms with Crippen LogP contribution in [-0.4, -0.2) is 20.9 Å². The van der Waals surface area contributed by atoms with Crippen LogP contribution in [0, 0.1) is 0 Å². The van der Waals surface area contributed by atoms with Crippen molar-refractivity contribution in [1.29, 1.82) is 0 Å². The summed E-state index contributed by atoms with van der Waals surface area (Å²) in [5.41, 5.74) is 1.23. The summed E-state index contributed by atoms with van der Waals surface area (Å²) in [7, 11) is -2.82. The van der Waals surface area contributed by atoms with Crippen LogP contribution >= 0.6 is 7.14 Å². The van der Waals surface area contributed by atoms with Crippen LogP contribution in [0.15, 0.2) is 96.8 Å². The Bertz CT molecular complexity index is 861. The molecule has 3 heteroatoms. The van der Waals surface area contributed by atoms with Crippen LogP contribution in [0.1, 0.15) is 25.3 Å². The molecule has 0 heterocycles. The van der Waals surface area contributed by atoms with Crippen LogP contribution in [0.3, 0.4) is 0 Å². The van der Waals surface area contributed by atoms with E-state index in [2.05, 4.69) is 37.0 Å².